The van der Waals surface area contributed by atoms with E-state index in [0.29, 0.717) is 6.42 Å². The van der Waals surface area contributed by atoms with Crippen molar-refractivity contribution in [3.05, 3.63) is 0 Å². The van der Waals surface area contributed by atoms with E-state index in [2.05, 4.69) is 5.32 Å². The molecule has 2 amide bonds. The minimum absolute atomic E-state index is 0.00991. The van der Waals surface area contributed by atoms with Crippen LogP contribution in [-0.2, 0) is 14.3 Å². The first-order valence-corrected chi connectivity index (χ1v) is 6.45. The van der Waals surface area contributed by atoms with Gasteiger partial charge in [-0.05, 0) is 26.2 Å². The normalized spacial score (nSPS) is 15.5. The van der Waals surface area contributed by atoms with E-state index in [1.165, 1.54) is 4.90 Å². The Kier molecular flexibility index (Phi) is 5.59. The van der Waals surface area contributed by atoms with Crippen molar-refractivity contribution in [3.8, 4) is 0 Å². The standard InChI is InChI=1S/C12H20N2O5/c1-3-9(11(16)17)13-12(18)14(8-5-6-8)7-10(15)19-4-2/h8-9H,3-7H2,1-2H3,(H,13,18)(H,16,17)/t9-/m0/s1. The molecule has 0 aromatic rings. The summed E-state index contributed by atoms with van der Waals surface area (Å²) < 4.78 is 4.80. The molecule has 0 radical (unpaired) electrons. The Hall–Kier alpha value is -1.79. The predicted molar refractivity (Wildman–Crippen MR) is 66.6 cm³/mol. The topological polar surface area (TPSA) is 95.9 Å². The average Bonchev–Trinajstić information content (AvgIpc) is 3.16. The number of carbonyl (C=O) groups excluding carboxylic acids is 2. The lowest BCUT2D eigenvalue weighted by Crippen LogP contribution is -2.50. The second-order valence-corrected chi connectivity index (χ2v) is 4.41. The maximum atomic E-state index is 12.0. The van der Waals surface area contributed by atoms with Crippen LogP contribution in [0.4, 0.5) is 4.79 Å². The van der Waals surface area contributed by atoms with Crippen molar-refractivity contribution in [2.45, 2.75) is 45.2 Å². The summed E-state index contributed by atoms with van der Waals surface area (Å²) in [6.07, 6.45) is 1.95. The van der Waals surface area contributed by atoms with Crippen molar-refractivity contribution in [1.82, 2.24) is 10.2 Å². The Bertz CT molecular complexity index is 354. The molecule has 2 N–H and O–H groups in total. The molecular formula is C12H20N2O5. The van der Waals surface area contributed by atoms with Crippen molar-refractivity contribution in [1.29, 1.82) is 0 Å². The molecule has 1 atom stereocenters. The fourth-order valence-electron chi connectivity index (χ4n) is 1.67. The number of carbonyl (C=O) groups is 3. The number of ether oxygens (including phenoxy) is 1. The van der Waals surface area contributed by atoms with E-state index < -0.39 is 24.0 Å². The Balaban J connectivity index is 2.58. The van der Waals surface area contributed by atoms with Gasteiger partial charge in [-0.15, -0.1) is 0 Å². The van der Waals surface area contributed by atoms with Crippen LogP contribution < -0.4 is 5.32 Å². The fraction of sp³-hybridized carbons (Fsp3) is 0.750. The molecule has 7 heteroatoms. The predicted octanol–water partition coefficient (Wildman–Crippen LogP) is 0.587. The molecule has 0 heterocycles. The zero-order chi connectivity index (χ0) is 14.4. The number of amides is 2. The summed E-state index contributed by atoms with van der Waals surface area (Å²) in [5, 5.41) is 11.3. The first-order valence-electron chi connectivity index (χ1n) is 6.45. The third-order valence-corrected chi connectivity index (χ3v) is 2.86. The number of nitrogens with one attached hydrogen (secondary N) is 1. The summed E-state index contributed by atoms with van der Waals surface area (Å²) >= 11 is 0. The lowest BCUT2D eigenvalue weighted by Gasteiger charge is -2.23. The van der Waals surface area contributed by atoms with Gasteiger partial charge in [0.25, 0.3) is 0 Å². The number of hydrogen-bond donors (Lipinski definition) is 2. The molecule has 1 aliphatic rings. The van der Waals surface area contributed by atoms with Gasteiger partial charge in [0.1, 0.15) is 12.6 Å². The minimum atomic E-state index is -1.08. The van der Waals surface area contributed by atoms with Crippen molar-refractivity contribution < 1.29 is 24.2 Å². The van der Waals surface area contributed by atoms with Crippen LogP contribution in [0.3, 0.4) is 0 Å². The molecule has 0 aromatic carbocycles. The highest BCUT2D eigenvalue weighted by Crippen LogP contribution is 2.26. The van der Waals surface area contributed by atoms with Gasteiger partial charge in [0, 0.05) is 6.04 Å². The number of urea groups is 1. The second-order valence-electron chi connectivity index (χ2n) is 4.41. The van der Waals surface area contributed by atoms with Crippen molar-refractivity contribution in [2.24, 2.45) is 0 Å². The van der Waals surface area contributed by atoms with Crippen LogP contribution in [0, 0.1) is 0 Å². The van der Waals surface area contributed by atoms with E-state index >= 15 is 0 Å². The Morgan fingerprint density at radius 2 is 2.00 bits per heavy atom. The maximum Gasteiger partial charge on any atom is 0.326 e. The van der Waals surface area contributed by atoms with Gasteiger partial charge in [0.05, 0.1) is 6.61 Å². The molecule has 108 valence electrons. The van der Waals surface area contributed by atoms with Gasteiger partial charge in [0.2, 0.25) is 0 Å². The zero-order valence-corrected chi connectivity index (χ0v) is 11.2. The Morgan fingerprint density at radius 3 is 2.42 bits per heavy atom. The molecule has 1 saturated carbocycles. The third kappa shape index (κ3) is 4.76. The Morgan fingerprint density at radius 1 is 1.37 bits per heavy atom. The first kappa shape index (κ1) is 15.3. The van der Waals surface area contributed by atoms with Gasteiger partial charge in [-0.3, -0.25) is 4.79 Å². The van der Waals surface area contributed by atoms with Crippen molar-refractivity contribution in [2.75, 3.05) is 13.2 Å². The number of aliphatic carboxylic acids is 1. The van der Waals surface area contributed by atoms with Crippen LogP contribution in [0.25, 0.3) is 0 Å². The van der Waals surface area contributed by atoms with Gasteiger partial charge in [-0.25, -0.2) is 9.59 Å². The van der Waals surface area contributed by atoms with Gasteiger partial charge in [-0.2, -0.15) is 0 Å². The van der Waals surface area contributed by atoms with Crippen molar-refractivity contribution in [3.63, 3.8) is 0 Å². The fourth-order valence-corrected chi connectivity index (χ4v) is 1.67. The lowest BCUT2D eigenvalue weighted by atomic mass is 10.2. The van der Waals surface area contributed by atoms with Gasteiger partial charge >= 0.3 is 18.0 Å². The van der Waals surface area contributed by atoms with Gasteiger partial charge < -0.3 is 20.1 Å². The van der Waals surface area contributed by atoms with Crippen LogP contribution in [-0.4, -0.2) is 53.2 Å². The molecule has 0 bridgehead atoms. The van der Waals surface area contributed by atoms with Crippen LogP contribution in [0.1, 0.15) is 33.1 Å². The van der Waals surface area contributed by atoms with Crippen LogP contribution in [0.2, 0.25) is 0 Å². The van der Waals surface area contributed by atoms with E-state index in [-0.39, 0.29) is 19.2 Å². The van der Waals surface area contributed by atoms with Crippen LogP contribution in [0.15, 0.2) is 0 Å². The zero-order valence-electron chi connectivity index (χ0n) is 11.2. The SMILES string of the molecule is CCOC(=O)CN(C(=O)N[C@@H](CC)C(=O)O)C1CC1. The largest absolute Gasteiger partial charge is 0.480 e. The van der Waals surface area contributed by atoms with E-state index in [0.717, 1.165) is 12.8 Å². The molecule has 0 spiro atoms. The van der Waals surface area contributed by atoms with Crippen LogP contribution in [0.5, 0.6) is 0 Å². The molecule has 0 unspecified atom stereocenters. The quantitative estimate of drug-likeness (QED) is 0.661. The Labute approximate surface area is 111 Å². The highest BCUT2D eigenvalue weighted by atomic mass is 16.5. The molecule has 1 aliphatic carbocycles. The number of carboxylic acids is 1. The van der Waals surface area contributed by atoms with Crippen LogP contribution >= 0.6 is 0 Å². The molecule has 1 fully saturated rings. The lowest BCUT2D eigenvalue weighted by molar-refractivity contribution is -0.143. The summed E-state index contributed by atoms with van der Waals surface area (Å²) in [7, 11) is 0. The van der Waals surface area contributed by atoms with E-state index in [1.54, 1.807) is 13.8 Å². The second kappa shape index (κ2) is 6.96. The molecule has 0 saturated heterocycles. The molecule has 0 aliphatic heterocycles. The average molecular weight is 272 g/mol. The van der Waals surface area contributed by atoms with E-state index in [4.69, 9.17) is 9.84 Å². The number of rotatable bonds is 7. The molecule has 0 aromatic heterocycles. The highest BCUT2D eigenvalue weighted by molar-refractivity contribution is 5.85. The van der Waals surface area contributed by atoms with E-state index in [9.17, 15) is 14.4 Å². The summed E-state index contributed by atoms with van der Waals surface area (Å²) in [5.41, 5.74) is 0. The van der Waals surface area contributed by atoms with Crippen molar-refractivity contribution >= 4 is 18.0 Å². The molecular weight excluding hydrogens is 252 g/mol. The summed E-state index contributed by atoms with van der Waals surface area (Å²) in [6, 6.07) is -1.45. The smallest absolute Gasteiger partial charge is 0.326 e. The highest BCUT2D eigenvalue weighted by Gasteiger charge is 2.35. The monoisotopic (exact) mass is 272 g/mol. The number of nitrogens with zero attached hydrogens (tertiary/aromatic N) is 1. The molecule has 19 heavy (non-hydrogen) atoms. The summed E-state index contributed by atoms with van der Waals surface area (Å²) in [5.74, 6) is -1.56. The van der Waals surface area contributed by atoms with Gasteiger partial charge in [0.15, 0.2) is 0 Å². The summed E-state index contributed by atoms with van der Waals surface area (Å²) in [4.78, 5) is 35.6. The molecule has 1 rings (SSSR count). The van der Waals surface area contributed by atoms with Gasteiger partial charge in [-0.1, -0.05) is 6.92 Å². The minimum Gasteiger partial charge on any atom is -0.480 e. The third-order valence-electron chi connectivity index (χ3n) is 2.86. The number of carboxylic acid groups (broad SMARTS) is 1. The summed E-state index contributed by atoms with van der Waals surface area (Å²) in [6.45, 7) is 3.48. The maximum absolute atomic E-state index is 12.0. The number of esters is 1. The number of hydrogen-bond acceptors (Lipinski definition) is 4. The van der Waals surface area contributed by atoms with E-state index in [1.807, 2.05) is 0 Å². The first-order chi connectivity index (χ1) is 8.99. The molecule has 7 nitrogen and oxygen atoms in total.